The van der Waals surface area contributed by atoms with Crippen LogP contribution in [0.5, 0.6) is 0 Å². The second kappa shape index (κ2) is 4.23. The Hall–Kier alpha value is -0.0900. The van der Waals surface area contributed by atoms with E-state index in [1.54, 1.807) is 11.3 Å². The molecule has 1 atom stereocenters. The Kier molecular flexibility index (Phi) is 3.53. The topological polar surface area (TPSA) is 38.0 Å². The van der Waals surface area contributed by atoms with Crippen LogP contribution in [0.3, 0.4) is 0 Å². The number of rotatable bonds is 3. The highest BCUT2D eigenvalue weighted by Crippen LogP contribution is 2.32. The molecule has 3 N–H and O–H groups in total. The lowest BCUT2D eigenvalue weighted by molar-refractivity contribution is 0.427. The number of halogens is 1. The Labute approximate surface area is 81.7 Å². The molecule has 0 spiro atoms. The summed E-state index contributed by atoms with van der Waals surface area (Å²) in [6.45, 7) is 4.22. The molecule has 2 nitrogen and oxygen atoms in total. The third-order valence-corrected chi connectivity index (χ3v) is 3.22. The Balaban J connectivity index is 2.87. The third-order valence-electron chi connectivity index (χ3n) is 1.77. The molecule has 0 saturated carbocycles. The molecule has 4 heteroatoms. The summed E-state index contributed by atoms with van der Waals surface area (Å²) in [4.78, 5) is 1.12. The van der Waals surface area contributed by atoms with Crippen molar-refractivity contribution in [3.63, 3.8) is 0 Å². The average Bonchev–Trinajstić information content (AvgIpc) is 2.38. The van der Waals surface area contributed by atoms with Gasteiger partial charge in [-0.3, -0.25) is 11.3 Å². The van der Waals surface area contributed by atoms with Gasteiger partial charge in [0.1, 0.15) is 0 Å². The van der Waals surface area contributed by atoms with E-state index in [1.165, 1.54) is 0 Å². The van der Waals surface area contributed by atoms with Gasteiger partial charge in [0.25, 0.3) is 0 Å². The number of hydrogen-bond donors (Lipinski definition) is 2. The number of hydrazine groups is 1. The zero-order valence-electron chi connectivity index (χ0n) is 7.17. The maximum absolute atomic E-state index is 5.97. The molecular formula is C8H13ClN2S. The van der Waals surface area contributed by atoms with Gasteiger partial charge in [-0.05, 0) is 17.4 Å². The highest BCUT2D eigenvalue weighted by molar-refractivity contribution is 7.10. The van der Waals surface area contributed by atoms with Gasteiger partial charge in [0.2, 0.25) is 0 Å². The monoisotopic (exact) mass is 204 g/mol. The van der Waals surface area contributed by atoms with Crippen molar-refractivity contribution < 1.29 is 0 Å². The minimum absolute atomic E-state index is 0.164. The molecule has 1 rings (SSSR count). The summed E-state index contributed by atoms with van der Waals surface area (Å²) in [7, 11) is 0. The number of nitrogens with one attached hydrogen (secondary N) is 1. The lowest BCUT2D eigenvalue weighted by Gasteiger charge is -2.18. The van der Waals surface area contributed by atoms with Crippen molar-refractivity contribution in [2.75, 3.05) is 0 Å². The van der Waals surface area contributed by atoms with Crippen molar-refractivity contribution in [2.45, 2.75) is 19.9 Å². The van der Waals surface area contributed by atoms with E-state index >= 15 is 0 Å². The lowest BCUT2D eigenvalue weighted by atomic mass is 10.0. The molecule has 0 radical (unpaired) electrons. The second-order valence-electron chi connectivity index (χ2n) is 3.02. The van der Waals surface area contributed by atoms with Crippen molar-refractivity contribution in [3.8, 4) is 0 Å². The van der Waals surface area contributed by atoms with Crippen LogP contribution >= 0.6 is 22.9 Å². The van der Waals surface area contributed by atoms with Gasteiger partial charge in [0, 0.05) is 4.88 Å². The van der Waals surface area contributed by atoms with E-state index in [0.717, 1.165) is 9.90 Å². The van der Waals surface area contributed by atoms with E-state index in [4.69, 9.17) is 17.4 Å². The van der Waals surface area contributed by atoms with Crippen LogP contribution in [0.1, 0.15) is 24.8 Å². The summed E-state index contributed by atoms with van der Waals surface area (Å²) in [5, 5.41) is 2.78. The maximum atomic E-state index is 5.97. The Morgan fingerprint density at radius 2 is 2.25 bits per heavy atom. The molecule has 0 saturated heterocycles. The first-order chi connectivity index (χ1) is 5.66. The van der Waals surface area contributed by atoms with Crippen LogP contribution in [0.15, 0.2) is 11.4 Å². The van der Waals surface area contributed by atoms with Gasteiger partial charge in [-0.15, -0.1) is 11.3 Å². The van der Waals surface area contributed by atoms with E-state index in [9.17, 15) is 0 Å². The molecule has 0 aliphatic rings. The zero-order chi connectivity index (χ0) is 9.14. The molecule has 0 fully saturated rings. The van der Waals surface area contributed by atoms with Gasteiger partial charge in [-0.25, -0.2) is 0 Å². The average molecular weight is 205 g/mol. The predicted molar refractivity (Wildman–Crippen MR) is 54.2 cm³/mol. The summed E-state index contributed by atoms with van der Waals surface area (Å²) in [5.41, 5.74) is 2.77. The van der Waals surface area contributed by atoms with Crippen LogP contribution in [0.25, 0.3) is 0 Å². The smallest absolute Gasteiger partial charge is 0.0591 e. The second-order valence-corrected chi connectivity index (χ2v) is 4.38. The number of nitrogens with two attached hydrogens (primary N) is 1. The molecule has 0 aliphatic carbocycles. The Morgan fingerprint density at radius 3 is 2.58 bits per heavy atom. The van der Waals surface area contributed by atoms with Crippen molar-refractivity contribution in [1.82, 2.24) is 5.43 Å². The summed E-state index contributed by atoms with van der Waals surface area (Å²) < 4.78 is 0. The van der Waals surface area contributed by atoms with Gasteiger partial charge in [0.05, 0.1) is 11.1 Å². The first-order valence-corrected chi connectivity index (χ1v) is 5.11. The van der Waals surface area contributed by atoms with Crippen LogP contribution in [0, 0.1) is 5.92 Å². The van der Waals surface area contributed by atoms with Crippen LogP contribution in [0.2, 0.25) is 5.02 Å². The van der Waals surface area contributed by atoms with Gasteiger partial charge in [0.15, 0.2) is 0 Å². The molecular weight excluding hydrogens is 192 g/mol. The molecule has 1 aromatic rings. The molecule has 0 bridgehead atoms. The SMILES string of the molecule is CC(C)C(NN)c1sccc1Cl. The number of thiophene rings is 1. The van der Waals surface area contributed by atoms with Crippen LogP contribution in [-0.4, -0.2) is 0 Å². The van der Waals surface area contributed by atoms with Crippen LogP contribution in [0.4, 0.5) is 0 Å². The summed E-state index contributed by atoms with van der Waals surface area (Å²) in [6, 6.07) is 2.06. The van der Waals surface area contributed by atoms with E-state index in [1.807, 2.05) is 11.4 Å². The van der Waals surface area contributed by atoms with Crippen molar-refractivity contribution in [2.24, 2.45) is 11.8 Å². The van der Waals surface area contributed by atoms with Gasteiger partial charge >= 0.3 is 0 Å². The van der Waals surface area contributed by atoms with Crippen LogP contribution < -0.4 is 11.3 Å². The predicted octanol–water partition coefficient (Wildman–Crippen LogP) is 2.56. The Morgan fingerprint density at radius 1 is 1.58 bits per heavy atom. The van der Waals surface area contributed by atoms with Crippen molar-refractivity contribution in [1.29, 1.82) is 0 Å². The standard InChI is InChI=1S/C8H13ClN2S/c1-5(2)7(11-10)8-6(9)3-4-12-8/h3-5,7,11H,10H2,1-2H3. The van der Waals surface area contributed by atoms with Crippen LogP contribution in [-0.2, 0) is 0 Å². The summed E-state index contributed by atoms with van der Waals surface area (Å²) in [6.07, 6.45) is 0. The third kappa shape index (κ3) is 1.98. The molecule has 0 aliphatic heterocycles. The quantitative estimate of drug-likeness (QED) is 0.587. The summed E-state index contributed by atoms with van der Waals surface area (Å²) >= 11 is 7.61. The number of hydrogen-bond acceptors (Lipinski definition) is 3. The first kappa shape index (κ1) is 9.99. The molecule has 1 unspecified atom stereocenters. The van der Waals surface area contributed by atoms with E-state index in [-0.39, 0.29) is 6.04 Å². The maximum Gasteiger partial charge on any atom is 0.0591 e. The molecule has 68 valence electrons. The highest BCUT2D eigenvalue weighted by Gasteiger charge is 2.17. The van der Waals surface area contributed by atoms with Gasteiger partial charge < -0.3 is 0 Å². The van der Waals surface area contributed by atoms with Gasteiger partial charge in [-0.2, -0.15) is 0 Å². The first-order valence-electron chi connectivity index (χ1n) is 3.85. The minimum atomic E-state index is 0.164. The van der Waals surface area contributed by atoms with Crippen molar-refractivity contribution in [3.05, 3.63) is 21.3 Å². The lowest BCUT2D eigenvalue weighted by Crippen LogP contribution is -2.31. The fourth-order valence-corrected chi connectivity index (χ4v) is 2.51. The molecule has 12 heavy (non-hydrogen) atoms. The zero-order valence-corrected chi connectivity index (χ0v) is 8.75. The molecule has 0 amide bonds. The van der Waals surface area contributed by atoms with Crippen molar-refractivity contribution >= 4 is 22.9 Å². The fraction of sp³-hybridized carbons (Fsp3) is 0.500. The largest absolute Gasteiger partial charge is 0.271 e. The van der Waals surface area contributed by atoms with Gasteiger partial charge in [-0.1, -0.05) is 25.4 Å². The van der Waals surface area contributed by atoms with E-state index in [0.29, 0.717) is 5.92 Å². The fourth-order valence-electron chi connectivity index (χ4n) is 1.10. The minimum Gasteiger partial charge on any atom is -0.271 e. The summed E-state index contributed by atoms with van der Waals surface area (Å²) in [5.74, 6) is 5.88. The van der Waals surface area contributed by atoms with E-state index in [2.05, 4.69) is 19.3 Å². The molecule has 0 aromatic carbocycles. The highest BCUT2D eigenvalue weighted by atomic mass is 35.5. The van der Waals surface area contributed by atoms with E-state index < -0.39 is 0 Å². The normalized spacial score (nSPS) is 13.8. The Bertz CT molecular complexity index is 247. The molecule has 1 heterocycles. The molecule has 1 aromatic heterocycles.